The van der Waals surface area contributed by atoms with Crippen molar-refractivity contribution in [3.05, 3.63) is 77.1 Å². The van der Waals surface area contributed by atoms with Crippen LogP contribution in [0.25, 0.3) is 0 Å². The highest BCUT2D eigenvalue weighted by atomic mass is 16.1. The lowest BCUT2D eigenvalue weighted by Gasteiger charge is -2.10. The van der Waals surface area contributed by atoms with E-state index in [1.54, 1.807) is 0 Å². The summed E-state index contributed by atoms with van der Waals surface area (Å²) in [5.74, 6) is 0.238. The molecule has 0 aliphatic heterocycles. The number of hydrogen-bond donors (Lipinski definition) is 2. The maximum atomic E-state index is 12.4. The Kier molecular flexibility index (Phi) is 5.27. The summed E-state index contributed by atoms with van der Waals surface area (Å²) in [5.41, 5.74) is 5.66. The van der Waals surface area contributed by atoms with Crippen LogP contribution in [0.1, 0.15) is 34.0 Å². The first kappa shape index (κ1) is 17.6. The first-order valence-corrected chi connectivity index (χ1v) is 8.62. The molecule has 132 valence electrons. The van der Waals surface area contributed by atoms with Crippen molar-refractivity contribution in [2.24, 2.45) is 0 Å². The van der Waals surface area contributed by atoms with E-state index in [0.29, 0.717) is 11.5 Å². The maximum Gasteiger partial charge on any atom is 0.258 e. The van der Waals surface area contributed by atoms with E-state index >= 15 is 0 Å². The maximum absolute atomic E-state index is 12.4. The summed E-state index contributed by atoms with van der Waals surface area (Å²) >= 11 is 0. The molecule has 0 radical (unpaired) electrons. The summed E-state index contributed by atoms with van der Waals surface area (Å²) in [6, 6.07) is 13.8. The highest BCUT2D eigenvalue weighted by molar-refractivity contribution is 6.03. The van der Waals surface area contributed by atoms with Crippen molar-refractivity contribution in [3.8, 4) is 0 Å². The second-order valence-corrected chi connectivity index (χ2v) is 6.18. The highest BCUT2D eigenvalue weighted by Crippen LogP contribution is 2.19. The third-order valence-electron chi connectivity index (χ3n) is 4.32. The molecule has 0 atom stereocenters. The van der Waals surface area contributed by atoms with Crippen LogP contribution in [0.4, 0.5) is 17.3 Å². The largest absolute Gasteiger partial charge is 0.324 e. The number of anilines is 3. The first-order valence-electron chi connectivity index (χ1n) is 8.62. The summed E-state index contributed by atoms with van der Waals surface area (Å²) in [6.45, 7) is 6.15. The van der Waals surface area contributed by atoms with Gasteiger partial charge in [0.25, 0.3) is 5.91 Å². The molecule has 1 amide bonds. The van der Waals surface area contributed by atoms with Gasteiger partial charge in [0.15, 0.2) is 0 Å². The molecule has 0 saturated heterocycles. The van der Waals surface area contributed by atoms with Gasteiger partial charge >= 0.3 is 0 Å². The number of para-hydroxylation sites is 1. The van der Waals surface area contributed by atoms with E-state index in [4.69, 9.17) is 0 Å². The van der Waals surface area contributed by atoms with Gasteiger partial charge in [0.05, 0.1) is 5.56 Å². The third kappa shape index (κ3) is 4.06. The monoisotopic (exact) mass is 346 g/mol. The van der Waals surface area contributed by atoms with Crippen molar-refractivity contribution in [3.63, 3.8) is 0 Å². The van der Waals surface area contributed by atoms with E-state index in [-0.39, 0.29) is 5.91 Å². The second kappa shape index (κ2) is 7.78. The molecule has 0 unspecified atom stereocenters. The molecule has 3 aromatic rings. The van der Waals surface area contributed by atoms with Gasteiger partial charge in [-0.1, -0.05) is 31.2 Å². The van der Waals surface area contributed by atoms with Gasteiger partial charge in [0, 0.05) is 23.8 Å². The molecule has 2 N–H and O–H groups in total. The Morgan fingerprint density at radius 2 is 1.73 bits per heavy atom. The number of aryl methyl sites for hydroxylation is 3. The van der Waals surface area contributed by atoms with Gasteiger partial charge in [-0.05, 0) is 55.2 Å². The van der Waals surface area contributed by atoms with E-state index in [0.717, 1.165) is 23.4 Å². The lowest BCUT2D eigenvalue weighted by Crippen LogP contribution is -2.13. The Labute approximate surface area is 153 Å². The van der Waals surface area contributed by atoms with Gasteiger partial charge in [-0.25, -0.2) is 9.97 Å². The van der Waals surface area contributed by atoms with E-state index in [9.17, 15) is 4.79 Å². The van der Waals surface area contributed by atoms with Crippen LogP contribution >= 0.6 is 0 Å². The van der Waals surface area contributed by atoms with E-state index in [1.807, 2.05) is 50.2 Å². The van der Waals surface area contributed by atoms with Crippen molar-refractivity contribution >= 4 is 23.2 Å². The normalized spacial score (nSPS) is 10.4. The second-order valence-electron chi connectivity index (χ2n) is 6.18. The molecule has 3 rings (SSSR count). The van der Waals surface area contributed by atoms with Crippen LogP contribution in [0.5, 0.6) is 0 Å². The van der Waals surface area contributed by atoms with Crippen LogP contribution in [-0.2, 0) is 6.42 Å². The molecule has 0 fully saturated rings. The fourth-order valence-electron chi connectivity index (χ4n) is 2.60. The molecule has 5 nitrogen and oxygen atoms in total. The fourth-order valence-corrected chi connectivity index (χ4v) is 2.60. The molecule has 0 aliphatic rings. The Morgan fingerprint density at radius 1 is 1.00 bits per heavy atom. The summed E-state index contributed by atoms with van der Waals surface area (Å²) in [5, 5.41) is 6.07. The van der Waals surface area contributed by atoms with Crippen molar-refractivity contribution in [1.29, 1.82) is 0 Å². The Balaban J connectivity index is 1.70. The van der Waals surface area contributed by atoms with Crippen LogP contribution < -0.4 is 10.6 Å². The topological polar surface area (TPSA) is 66.9 Å². The zero-order valence-electron chi connectivity index (χ0n) is 15.2. The molecule has 0 aliphatic carbocycles. The zero-order chi connectivity index (χ0) is 18.5. The van der Waals surface area contributed by atoms with Gasteiger partial charge in [0.1, 0.15) is 0 Å². The molecule has 2 aromatic carbocycles. The minimum absolute atomic E-state index is 0.228. The molecular weight excluding hydrogens is 324 g/mol. The smallest absolute Gasteiger partial charge is 0.258 e. The molecule has 0 spiro atoms. The standard InChI is InChI=1S/C21H22N4O/c1-4-16-7-5-6-8-19(16)25-21-22-12-17(13-23-21)20(26)24-18-10-9-14(2)15(3)11-18/h5-13H,4H2,1-3H3,(H,24,26)(H,22,23,25). The summed E-state index contributed by atoms with van der Waals surface area (Å²) in [4.78, 5) is 20.9. The highest BCUT2D eigenvalue weighted by Gasteiger charge is 2.09. The van der Waals surface area contributed by atoms with Gasteiger partial charge < -0.3 is 10.6 Å². The number of aromatic nitrogens is 2. The minimum atomic E-state index is -0.228. The lowest BCUT2D eigenvalue weighted by atomic mass is 10.1. The predicted octanol–water partition coefficient (Wildman–Crippen LogP) is 4.65. The molecule has 1 aromatic heterocycles. The number of nitrogens with one attached hydrogen (secondary N) is 2. The lowest BCUT2D eigenvalue weighted by molar-refractivity contribution is 0.102. The molecule has 26 heavy (non-hydrogen) atoms. The number of amides is 1. The van der Waals surface area contributed by atoms with Crippen molar-refractivity contribution < 1.29 is 4.79 Å². The summed E-state index contributed by atoms with van der Waals surface area (Å²) in [6.07, 6.45) is 3.97. The van der Waals surface area contributed by atoms with Crippen molar-refractivity contribution in [1.82, 2.24) is 9.97 Å². The molecule has 1 heterocycles. The Hall–Kier alpha value is -3.21. The van der Waals surface area contributed by atoms with Crippen LogP contribution in [0.15, 0.2) is 54.9 Å². The Morgan fingerprint density at radius 3 is 2.42 bits per heavy atom. The zero-order valence-corrected chi connectivity index (χ0v) is 15.2. The van der Waals surface area contributed by atoms with Gasteiger partial charge in [-0.2, -0.15) is 0 Å². The minimum Gasteiger partial charge on any atom is -0.324 e. The number of carbonyl (C=O) groups excluding carboxylic acids is 1. The first-order chi connectivity index (χ1) is 12.6. The van der Waals surface area contributed by atoms with Crippen molar-refractivity contribution in [2.45, 2.75) is 27.2 Å². The number of benzene rings is 2. The summed E-state index contributed by atoms with van der Waals surface area (Å²) < 4.78 is 0. The average Bonchev–Trinajstić information content (AvgIpc) is 2.66. The quantitative estimate of drug-likeness (QED) is 0.705. The van der Waals surface area contributed by atoms with Gasteiger partial charge in [-0.15, -0.1) is 0 Å². The van der Waals surface area contributed by atoms with E-state index < -0.39 is 0 Å². The summed E-state index contributed by atoms with van der Waals surface area (Å²) in [7, 11) is 0. The third-order valence-corrected chi connectivity index (χ3v) is 4.32. The number of carbonyl (C=O) groups is 1. The average molecular weight is 346 g/mol. The van der Waals surface area contributed by atoms with Crippen LogP contribution in [0.2, 0.25) is 0 Å². The fraction of sp³-hybridized carbons (Fsp3) is 0.190. The molecule has 0 bridgehead atoms. The Bertz CT molecular complexity index is 920. The number of hydrogen-bond acceptors (Lipinski definition) is 4. The van der Waals surface area contributed by atoms with Gasteiger partial charge in [0.2, 0.25) is 5.95 Å². The molecule has 0 saturated carbocycles. The van der Waals surface area contributed by atoms with Crippen LogP contribution in [0.3, 0.4) is 0 Å². The SMILES string of the molecule is CCc1ccccc1Nc1ncc(C(=O)Nc2ccc(C)c(C)c2)cn1. The van der Waals surface area contributed by atoms with Crippen molar-refractivity contribution in [2.75, 3.05) is 10.6 Å². The van der Waals surface area contributed by atoms with Gasteiger partial charge in [-0.3, -0.25) is 4.79 Å². The number of rotatable bonds is 5. The number of nitrogens with zero attached hydrogens (tertiary/aromatic N) is 2. The van der Waals surface area contributed by atoms with E-state index in [1.165, 1.54) is 23.5 Å². The predicted molar refractivity (Wildman–Crippen MR) is 105 cm³/mol. The van der Waals surface area contributed by atoms with Crippen LogP contribution in [-0.4, -0.2) is 15.9 Å². The molecular formula is C21H22N4O. The van der Waals surface area contributed by atoms with Crippen LogP contribution in [0, 0.1) is 13.8 Å². The van der Waals surface area contributed by atoms with E-state index in [2.05, 4.69) is 33.6 Å². The molecule has 5 heteroatoms.